The molecule has 1 N–H and O–H groups in total. The van der Waals surface area contributed by atoms with Gasteiger partial charge in [0.1, 0.15) is 0 Å². The number of rotatable bonds is 14. The molecule has 0 saturated carbocycles. The van der Waals surface area contributed by atoms with E-state index in [4.69, 9.17) is 20.2 Å². The van der Waals surface area contributed by atoms with Crippen LogP contribution in [0.1, 0.15) is 86.0 Å². The average Bonchev–Trinajstić information content (AvgIpc) is 2.73. The maximum Gasteiger partial charge on any atom is 0.303 e. The van der Waals surface area contributed by atoms with Crippen molar-refractivity contribution in [1.29, 1.82) is 0 Å². The van der Waals surface area contributed by atoms with Gasteiger partial charge in [-0.3, -0.25) is 4.79 Å². The minimum absolute atomic E-state index is 0.137. The molecule has 0 aliphatic heterocycles. The van der Waals surface area contributed by atoms with Gasteiger partial charge in [-0.25, -0.2) is 0 Å². The van der Waals surface area contributed by atoms with Crippen molar-refractivity contribution in [3.63, 3.8) is 0 Å². The van der Waals surface area contributed by atoms with Gasteiger partial charge in [-0.1, -0.05) is 68.3 Å². The van der Waals surface area contributed by atoms with Gasteiger partial charge in [-0.15, -0.1) is 0 Å². The number of allylic oxidation sites excluding steroid dienone is 8. The van der Waals surface area contributed by atoms with E-state index in [2.05, 4.69) is 13.0 Å². The first-order chi connectivity index (χ1) is 15.0. The highest BCUT2D eigenvalue weighted by atomic mass is 16.4. The van der Waals surface area contributed by atoms with Crippen molar-refractivity contribution >= 4 is 5.97 Å². The largest absolute Gasteiger partial charge is 0.481 e. The van der Waals surface area contributed by atoms with E-state index in [0.717, 1.165) is 25.3 Å². The predicted molar refractivity (Wildman–Crippen MR) is 96.0 cm³/mol. The molecule has 124 valence electrons. The molecular formula is C20H32O2. The molecule has 0 atom stereocenters. The lowest BCUT2D eigenvalue weighted by molar-refractivity contribution is -0.137. The first-order valence-electron chi connectivity index (χ1n) is 12.9. The van der Waals surface area contributed by atoms with Crippen molar-refractivity contribution in [2.24, 2.45) is 0 Å². The van der Waals surface area contributed by atoms with Gasteiger partial charge >= 0.3 is 5.97 Å². The predicted octanol–water partition coefficient (Wildman–Crippen LogP) is 6.22. The molecule has 0 fully saturated rings. The lowest BCUT2D eigenvalue weighted by atomic mass is 10.2. The smallest absolute Gasteiger partial charge is 0.303 e. The van der Waals surface area contributed by atoms with Gasteiger partial charge in [0.15, 0.2) is 0 Å². The fourth-order valence-electron chi connectivity index (χ4n) is 1.39. The standard InChI is InChI=1S/C20H32O2/c1-2-3-4-5-6-7-8-9-10-11-12-13-14-15-16-17-18-19-20(21)22/h6-7,9-10,12-13,15-16H,2-5,8,11,14,17-19H2,1H3,(H,21,22)/b7-6-,10-9-,13-12-,16-15-/i13D,14D2,15D,16D,17D2,18D2,19D2. The highest BCUT2D eigenvalue weighted by Crippen LogP contribution is 2.01. The Hall–Kier alpha value is -1.57. The summed E-state index contributed by atoms with van der Waals surface area (Å²) in [6, 6.07) is -3.73. The monoisotopic (exact) mass is 315 g/mol. The third-order valence-electron chi connectivity index (χ3n) is 2.43. The maximum absolute atomic E-state index is 11.1. The summed E-state index contributed by atoms with van der Waals surface area (Å²) in [4.78, 5) is 11.1. The Morgan fingerprint density at radius 1 is 1.05 bits per heavy atom. The number of carboxylic acid groups (broad SMARTS) is 1. The van der Waals surface area contributed by atoms with Crippen LogP contribution in [0.4, 0.5) is 0 Å². The van der Waals surface area contributed by atoms with Crippen LogP contribution in [-0.2, 0) is 4.79 Å². The van der Waals surface area contributed by atoms with Gasteiger partial charge in [0, 0.05) is 17.3 Å². The summed E-state index contributed by atoms with van der Waals surface area (Å²) in [5.74, 6) is -2.30. The molecule has 0 saturated heterocycles. The molecule has 0 aliphatic carbocycles. The van der Waals surface area contributed by atoms with Crippen LogP contribution < -0.4 is 0 Å². The van der Waals surface area contributed by atoms with E-state index in [9.17, 15) is 4.79 Å². The Balaban J connectivity index is 5.48. The van der Waals surface area contributed by atoms with E-state index >= 15 is 0 Å². The zero-order valence-electron chi connectivity index (χ0n) is 24.0. The Morgan fingerprint density at radius 3 is 2.50 bits per heavy atom. The molecule has 0 spiro atoms. The van der Waals surface area contributed by atoms with Crippen LogP contribution in [0.2, 0.25) is 0 Å². The number of aliphatic carboxylic acids is 1. The Kier molecular flexibility index (Phi) is 6.62. The summed E-state index contributed by atoms with van der Waals surface area (Å²) in [5.41, 5.74) is 0. The second kappa shape index (κ2) is 17.5. The topological polar surface area (TPSA) is 37.3 Å². The second-order valence-electron chi connectivity index (χ2n) is 4.31. The zero-order chi connectivity index (χ0) is 26.1. The minimum Gasteiger partial charge on any atom is -0.481 e. The van der Waals surface area contributed by atoms with Gasteiger partial charge in [-0.05, 0) is 44.8 Å². The summed E-state index contributed by atoms with van der Waals surface area (Å²) in [6.07, 6.45) is -0.301. The summed E-state index contributed by atoms with van der Waals surface area (Å²) >= 11 is 0. The van der Waals surface area contributed by atoms with Crippen LogP contribution in [0.25, 0.3) is 0 Å². The van der Waals surface area contributed by atoms with Gasteiger partial charge in [-0.2, -0.15) is 0 Å². The lowest BCUT2D eigenvalue weighted by Crippen LogP contribution is -1.92. The first-order valence-corrected chi connectivity index (χ1v) is 7.38. The molecule has 0 aliphatic rings. The summed E-state index contributed by atoms with van der Waals surface area (Å²) in [7, 11) is 0. The summed E-state index contributed by atoms with van der Waals surface area (Å²) in [5, 5.41) is 8.90. The van der Waals surface area contributed by atoms with Crippen molar-refractivity contribution in [3.05, 3.63) is 48.5 Å². The van der Waals surface area contributed by atoms with Crippen LogP contribution in [0.5, 0.6) is 0 Å². The minimum atomic E-state index is -3.80. The lowest BCUT2D eigenvalue weighted by Gasteiger charge is -1.90. The normalized spacial score (nSPS) is 23.7. The molecule has 2 heteroatoms. The van der Waals surface area contributed by atoms with E-state index < -0.39 is 49.6 Å². The van der Waals surface area contributed by atoms with Gasteiger partial charge in [0.05, 0.1) is 4.11 Å². The van der Waals surface area contributed by atoms with E-state index in [1.54, 1.807) is 6.08 Å². The van der Waals surface area contributed by atoms with E-state index in [1.165, 1.54) is 6.42 Å². The van der Waals surface area contributed by atoms with Gasteiger partial charge in [0.25, 0.3) is 0 Å². The third-order valence-corrected chi connectivity index (χ3v) is 2.43. The fraction of sp³-hybridized carbons (Fsp3) is 0.550. The van der Waals surface area contributed by atoms with E-state index in [0.29, 0.717) is 6.42 Å². The van der Waals surface area contributed by atoms with Gasteiger partial charge in [0.2, 0.25) is 0 Å². The average molecular weight is 316 g/mol. The number of unbranched alkanes of at least 4 members (excludes halogenated alkanes) is 3. The van der Waals surface area contributed by atoms with Crippen molar-refractivity contribution < 1.29 is 25.0 Å². The molecule has 0 rings (SSSR count). The van der Waals surface area contributed by atoms with Crippen molar-refractivity contribution in [3.8, 4) is 0 Å². The molecule has 0 amide bonds. The molecule has 0 heterocycles. The number of carboxylic acids is 1. The van der Waals surface area contributed by atoms with Crippen molar-refractivity contribution in [1.82, 2.24) is 0 Å². The highest BCUT2D eigenvalue weighted by Gasteiger charge is 1.92. The van der Waals surface area contributed by atoms with E-state index in [-0.39, 0.29) is 6.42 Å². The van der Waals surface area contributed by atoms with E-state index in [1.807, 2.05) is 12.2 Å². The maximum atomic E-state index is 11.1. The zero-order valence-corrected chi connectivity index (χ0v) is 13.0. The quantitative estimate of drug-likeness (QED) is 0.305. The van der Waals surface area contributed by atoms with Crippen LogP contribution in [-0.4, -0.2) is 11.1 Å². The second-order valence-corrected chi connectivity index (χ2v) is 4.31. The van der Waals surface area contributed by atoms with Crippen LogP contribution in [0, 0.1) is 0 Å². The summed E-state index contributed by atoms with van der Waals surface area (Å²) in [6.45, 7) is 2.13. The van der Waals surface area contributed by atoms with Crippen molar-refractivity contribution in [2.75, 3.05) is 0 Å². The number of hydrogen-bond acceptors (Lipinski definition) is 1. The molecule has 0 aromatic heterocycles. The number of hydrogen-bond donors (Lipinski definition) is 1. The molecule has 0 radical (unpaired) electrons. The Bertz CT molecular complexity index is 781. The van der Waals surface area contributed by atoms with Crippen LogP contribution in [0.15, 0.2) is 48.5 Å². The fourth-order valence-corrected chi connectivity index (χ4v) is 1.39. The molecule has 2 nitrogen and oxygen atoms in total. The summed E-state index contributed by atoms with van der Waals surface area (Å²) < 4.78 is 84.9. The van der Waals surface area contributed by atoms with Gasteiger partial charge < -0.3 is 5.11 Å². The molecule has 0 aromatic carbocycles. The molecule has 0 unspecified atom stereocenters. The molecule has 0 aromatic rings. The molecular weight excluding hydrogens is 272 g/mol. The number of carbonyl (C=O) groups is 1. The highest BCUT2D eigenvalue weighted by molar-refractivity contribution is 5.66. The molecule has 22 heavy (non-hydrogen) atoms. The van der Waals surface area contributed by atoms with Crippen LogP contribution >= 0.6 is 0 Å². The Labute approximate surface area is 151 Å². The third kappa shape index (κ3) is 18.4. The van der Waals surface area contributed by atoms with Crippen molar-refractivity contribution in [2.45, 2.75) is 70.9 Å². The Morgan fingerprint density at radius 2 is 1.77 bits per heavy atom. The first kappa shape index (κ1) is 8.33. The molecule has 0 bridgehead atoms. The SMILES string of the molecule is [2H]/C(=C/C/C=C\C/C=C\CCCCC)C([2H])([2H])/C([2H])=C(/[2H])C([2H])([2H])C([2H])([2H])C([2H])([2H])C(=O)O. The van der Waals surface area contributed by atoms with Crippen LogP contribution in [0.3, 0.4) is 0 Å².